The number of ether oxygens (including phenoxy) is 2. The summed E-state index contributed by atoms with van der Waals surface area (Å²) in [7, 11) is 1.83. The van der Waals surface area contributed by atoms with Gasteiger partial charge in [-0.05, 0) is 23.6 Å². The summed E-state index contributed by atoms with van der Waals surface area (Å²) < 4.78 is 11.5. The van der Waals surface area contributed by atoms with Crippen LogP contribution in [0.2, 0.25) is 0 Å². The maximum atomic E-state index is 5.98. The van der Waals surface area contributed by atoms with E-state index in [0.717, 1.165) is 32.6 Å². The van der Waals surface area contributed by atoms with Crippen LogP contribution in [0.3, 0.4) is 0 Å². The van der Waals surface area contributed by atoms with Crippen LogP contribution in [0.25, 0.3) is 0 Å². The van der Waals surface area contributed by atoms with Gasteiger partial charge in [-0.25, -0.2) is 0 Å². The summed E-state index contributed by atoms with van der Waals surface area (Å²) in [5.41, 5.74) is 2.53. The van der Waals surface area contributed by atoms with Gasteiger partial charge in [0.25, 0.3) is 0 Å². The molecule has 0 aliphatic carbocycles. The van der Waals surface area contributed by atoms with Crippen LogP contribution in [0.15, 0.2) is 24.3 Å². The molecular formula is C18H29NO2. The molecule has 0 bridgehead atoms. The summed E-state index contributed by atoms with van der Waals surface area (Å²) in [5, 5.41) is 3.63. The molecule has 3 heteroatoms. The number of likely N-dealkylation sites (N-methyl/N-ethyl adjacent to an activating group) is 1. The van der Waals surface area contributed by atoms with Crippen molar-refractivity contribution in [3.05, 3.63) is 35.4 Å². The fraction of sp³-hybridized carbons (Fsp3) is 0.667. The van der Waals surface area contributed by atoms with Crippen molar-refractivity contribution in [3.8, 4) is 0 Å². The number of methoxy groups -OCH3 is 1. The lowest BCUT2D eigenvalue weighted by Gasteiger charge is -2.43. The average molecular weight is 291 g/mol. The maximum absolute atomic E-state index is 5.98. The standard InChI is InChI=1S/C18H29NO2/c1-5-19-17(18(20-4)10-12-21-13-11-18)16-8-6-15(7-9-16)14(2)3/h6-9,14,17,19H,5,10-13H2,1-4H3. The van der Waals surface area contributed by atoms with Crippen LogP contribution in [0, 0.1) is 0 Å². The third kappa shape index (κ3) is 3.65. The molecule has 21 heavy (non-hydrogen) atoms. The van der Waals surface area contributed by atoms with Gasteiger partial charge in [0.05, 0.1) is 11.6 Å². The van der Waals surface area contributed by atoms with Crippen molar-refractivity contribution in [1.82, 2.24) is 5.32 Å². The first-order valence-corrected chi connectivity index (χ1v) is 8.09. The predicted molar refractivity (Wildman–Crippen MR) is 86.7 cm³/mol. The highest BCUT2D eigenvalue weighted by Crippen LogP contribution is 2.37. The fourth-order valence-electron chi connectivity index (χ4n) is 3.21. The third-order valence-corrected chi connectivity index (χ3v) is 4.62. The summed E-state index contributed by atoms with van der Waals surface area (Å²) >= 11 is 0. The average Bonchev–Trinajstić information content (AvgIpc) is 2.53. The van der Waals surface area contributed by atoms with Crippen LogP contribution < -0.4 is 5.32 Å². The van der Waals surface area contributed by atoms with E-state index in [4.69, 9.17) is 9.47 Å². The molecule has 1 heterocycles. The zero-order valence-electron chi connectivity index (χ0n) is 13.8. The van der Waals surface area contributed by atoms with Gasteiger partial charge in [-0.2, -0.15) is 0 Å². The Hall–Kier alpha value is -0.900. The van der Waals surface area contributed by atoms with Gasteiger partial charge >= 0.3 is 0 Å². The van der Waals surface area contributed by atoms with Gasteiger partial charge in [-0.15, -0.1) is 0 Å². The first kappa shape index (κ1) is 16.5. The second-order valence-electron chi connectivity index (χ2n) is 6.19. The van der Waals surface area contributed by atoms with Crippen LogP contribution >= 0.6 is 0 Å². The van der Waals surface area contributed by atoms with E-state index < -0.39 is 0 Å². The van der Waals surface area contributed by atoms with Crippen molar-refractivity contribution in [2.24, 2.45) is 0 Å². The highest BCUT2D eigenvalue weighted by atomic mass is 16.5. The number of rotatable bonds is 6. The molecule has 2 rings (SSSR count). The van der Waals surface area contributed by atoms with E-state index in [1.165, 1.54) is 11.1 Å². The molecule has 0 saturated carbocycles. The van der Waals surface area contributed by atoms with Crippen LogP contribution in [0.1, 0.15) is 56.7 Å². The molecule has 118 valence electrons. The van der Waals surface area contributed by atoms with Gasteiger partial charge in [0.15, 0.2) is 0 Å². The van der Waals surface area contributed by atoms with Gasteiger partial charge in [0.2, 0.25) is 0 Å². The van der Waals surface area contributed by atoms with Gasteiger partial charge in [-0.1, -0.05) is 45.0 Å². The minimum atomic E-state index is -0.159. The van der Waals surface area contributed by atoms with Gasteiger partial charge in [0.1, 0.15) is 0 Å². The summed E-state index contributed by atoms with van der Waals surface area (Å²) in [6, 6.07) is 9.20. The zero-order chi connectivity index (χ0) is 15.3. The Kier molecular flexibility index (Phi) is 5.80. The molecule has 1 N–H and O–H groups in total. The summed E-state index contributed by atoms with van der Waals surface area (Å²) in [5.74, 6) is 0.566. The Labute approximate surface area is 129 Å². The Morgan fingerprint density at radius 1 is 1.14 bits per heavy atom. The molecule has 1 aromatic rings. The predicted octanol–water partition coefficient (Wildman–Crippen LogP) is 3.66. The molecule has 1 unspecified atom stereocenters. The molecular weight excluding hydrogens is 262 g/mol. The van der Waals surface area contributed by atoms with Crippen molar-refractivity contribution < 1.29 is 9.47 Å². The molecule has 0 amide bonds. The molecule has 1 fully saturated rings. The molecule has 1 aliphatic rings. The van der Waals surface area contributed by atoms with Crippen molar-refractivity contribution >= 4 is 0 Å². The minimum Gasteiger partial charge on any atom is -0.381 e. The smallest absolute Gasteiger partial charge is 0.0916 e. The second-order valence-corrected chi connectivity index (χ2v) is 6.19. The molecule has 1 saturated heterocycles. The quantitative estimate of drug-likeness (QED) is 0.867. The molecule has 1 aliphatic heterocycles. The van der Waals surface area contributed by atoms with Crippen LogP contribution in [-0.2, 0) is 9.47 Å². The topological polar surface area (TPSA) is 30.5 Å². The minimum absolute atomic E-state index is 0.159. The Balaban J connectivity index is 2.28. The summed E-state index contributed by atoms with van der Waals surface area (Å²) in [6.07, 6.45) is 1.88. The SMILES string of the molecule is CCNC(c1ccc(C(C)C)cc1)C1(OC)CCOCC1. The van der Waals surface area contributed by atoms with E-state index in [0.29, 0.717) is 5.92 Å². The van der Waals surface area contributed by atoms with E-state index >= 15 is 0 Å². The van der Waals surface area contributed by atoms with Gasteiger partial charge < -0.3 is 14.8 Å². The van der Waals surface area contributed by atoms with Crippen molar-refractivity contribution in [2.45, 2.75) is 51.2 Å². The summed E-state index contributed by atoms with van der Waals surface area (Å²) in [4.78, 5) is 0. The number of hydrogen-bond donors (Lipinski definition) is 1. The molecule has 0 spiro atoms. The van der Waals surface area contributed by atoms with Crippen LogP contribution in [-0.4, -0.2) is 32.5 Å². The molecule has 0 radical (unpaired) electrons. The second kappa shape index (κ2) is 7.39. The lowest BCUT2D eigenvalue weighted by Crippen LogP contribution is -2.49. The maximum Gasteiger partial charge on any atom is 0.0916 e. The lowest BCUT2D eigenvalue weighted by molar-refractivity contribution is -0.111. The van der Waals surface area contributed by atoms with Gasteiger partial charge in [-0.3, -0.25) is 0 Å². The number of hydrogen-bond acceptors (Lipinski definition) is 3. The van der Waals surface area contributed by atoms with Crippen LogP contribution in [0.4, 0.5) is 0 Å². The van der Waals surface area contributed by atoms with E-state index in [9.17, 15) is 0 Å². The third-order valence-electron chi connectivity index (χ3n) is 4.62. The number of benzene rings is 1. The van der Waals surface area contributed by atoms with E-state index in [1.54, 1.807) is 0 Å². The lowest BCUT2D eigenvalue weighted by atomic mass is 9.81. The summed E-state index contributed by atoms with van der Waals surface area (Å²) in [6.45, 7) is 9.10. The monoisotopic (exact) mass is 291 g/mol. The van der Waals surface area contributed by atoms with Crippen LogP contribution in [0.5, 0.6) is 0 Å². The normalized spacial score (nSPS) is 19.7. The van der Waals surface area contributed by atoms with E-state index in [1.807, 2.05) is 7.11 Å². The molecule has 3 nitrogen and oxygen atoms in total. The first-order chi connectivity index (χ1) is 10.1. The highest BCUT2D eigenvalue weighted by Gasteiger charge is 2.41. The van der Waals surface area contributed by atoms with Gasteiger partial charge in [0, 0.05) is 33.2 Å². The van der Waals surface area contributed by atoms with Crippen molar-refractivity contribution in [2.75, 3.05) is 26.9 Å². The fourth-order valence-corrected chi connectivity index (χ4v) is 3.21. The Bertz CT molecular complexity index is 421. The molecule has 1 atom stereocenters. The molecule has 0 aromatic heterocycles. The highest BCUT2D eigenvalue weighted by molar-refractivity contribution is 5.29. The number of nitrogens with one attached hydrogen (secondary N) is 1. The first-order valence-electron chi connectivity index (χ1n) is 8.09. The van der Waals surface area contributed by atoms with Crippen molar-refractivity contribution in [1.29, 1.82) is 0 Å². The Morgan fingerprint density at radius 3 is 2.19 bits per heavy atom. The zero-order valence-corrected chi connectivity index (χ0v) is 13.8. The molecule has 1 aromatic carbocycles. The Morgan fingerprint density at radius 2 is 1.71 bits per heavy atom. The van der Waals surface area contributed by atoms with E-state index in [2.05, 4.69) is 50.4 Å². The largest absolute Gasteiger partial charge is 0.381 e. The van der Waals surface area contributed by atoms with Crippen molar-refractivity contribution in [3.63, 3.8) is 0 Å². The van der Waals surface area contributed by atoms with E-state index in [-0.39, 0.29) is 11.6 Å².